The molecule has 2 heterocycles. The van der Waals surface area contributed by atoms with E-state index in [9.17, 15) is 8.78 Å². The van der Waals surface area contributed by atoms with Crippen LogP contribution in [0.4, 0.5) is 8.78 Å². The van der Waals surface area contributed by atoms with Crippen LogP contribution in [0.5, 0.6) is 0 Å². The van der Waals surface area contributed by atoms with Gasteiger partial charge in [-0.15, -0.1) is 0 Å². The highest BCUT2D eigenvalue weighted by molar-refractivity contribution is 5.91. The average molecular weight is 423 g/mol. The fourth-order valence-corrected chi connectivity index (χ4v) is 4.72. The highest BCUT2D eigenvalue weighted by atomic mass is 19.1. The van der Waals surface area contributed by atoms with Crippen molar-refractivity contribution in [2.75, 3.05) is 32.7 Å². The largest absolute Gasteiger partial charge is 0.367 e. The molecule has 31 heavy (non-hydrogen) atoms. The van der Waals surface area contributed by atoms with Crippen molar-refractivity contribution in [1.29, 1.82) is 0 Å². The Morgan fingerprint density at radius 1 is 1.00 bits per heavy atom. The van der Waals surface area contributed by atoms with Crippen molar-refractivity contribution < 1.29 is 8.78 Å². The maximum Gasteiger partial charge on any atom is 0.129 e. The van der Waals surface area contributed by atoms with E-state index in [1.165, 1.54) is 29.1 Å². The SMILES string of the molecule is Cn1nc(C(=C2CCC2)N2CCN(CCc3ccc(F)cc3F)CC2)c2ccccc21. The maximum atomic E-state index is 13.9. The van der Waals surface area contributed by atoms with Gasteiger partial charge in [0.2, 0.25) is 0 Å². The minimum atomic E-state index is -0.520. The first-order valence-electron chi connectivity index (χ1n) is 11.2. The van der Waals surface area contributed by atoms with Gasteiger partial charge in [0.25, 0.3) is 0 Å². The van der Waals surface area contributed by atoms with Crippen LogP contribution in [0.3, 0.4) is 0 Å². The van der Waals surface area contributed by atoms with Crippen molar-refractivity contribution in [3.8, 4) is 0 Å². The zero-order valence-corrected chi connectivity index (χ0v) is 18.0. The Balaban J connectivity index is 1.30. The number of halogens is 2. The van der Waals surface area contributed by atoms with E-state index in [-0.39, 0.29) is 0 Å². The predicted octanol–water partition coefficient (Wildman–Crippen LogP) is 4.61. The molecule has 0 amide bonds. The van der Waals surface area contributed by atoms with Crippen molar-refractivity contribution in [3.05, 3.63) is 70.9 Å². The molecule has 0 atom stereocenters. The second-order valence-electron chi connectivity index (χ2n) is 8.61. The Bertz CT molecular complexity index is 1120. The Hall–Kier alpha value is -2.73. The first kappa shape index (κ1) is 20.2. The Kier molecular flexibility index (Phi) is 5.48. The van der Waals surface area contributed by atoms with E-state index in [4.69, 9.17) is 5.10 Å². The number of para-hydroxylation sites is 1. The highest BCUT2D eigenvalue weighted by Crippen LogP contribution is 2.38. The number of aryl methyl sites for hydroxylation is 1. The van der Waals surface area contributed by atoms with Crippen LogP contribution in [0.1, 0.15) is 30.5 Å². The van der Waals surface area contributed by atoms with E-state index in [1.54, 1.807) is 6.07 Å². The van der Waals surface area contributed by atoms with Crippen LogP contribution in [0.25, 0.3) is 16.6 Å². The van der Waals surface area contributed by atoms with Crippen molar-refractivity contribution in [3.63, 3.8) is 0 Å². The van der Waals surface area contributed by atoms with E-state index in [2.05, 4.69) is 34.1 Å². The Morgan fingerprint density at radius 3 is 2.48 bits per heavy atom. The molecule has 162 valence electrons. The molecule has 0 spiro atoms. The van der Waals surface area contributed by atoms with Gasteiger partial charge < -0.3 is 4.90 Å². The molecule has 5 rings (SSSR count). The monoisotopic (exact) mass is 422 g/mol. The second kappa shape index (κ2) is 8.42. The van der Waals surface area contributed by atoms with Crippen LogP contribution in [0.2, 0.25) is 0 Å². The lowest BCUT2D eigenvalue weighted by Crippen LogP contribution is -2.46. The summed E-state index contributed by atoms with van der Waals surface area (Å²) in [6, 6.07) is 12.3. The molecule has 1 aromatic heterocycles. The lowest BCUT2D eigenvalue weighted by Gasteiger charge is -2.39. The van der Waals surface area contributed by atoms with E-state index in [0.717, 1.165) is 62.8 Å². The molecule has 0 N–H and O–H groups in total. The van der Waals surface area contributed by atoms with Crippen molar-refractivity contribution in [2.24, 2.45) is 7.05 Å². The summed E-state index contributed by atoms with van der Waals surface area (Å²) in [5, 5.41) is 6.13. The zero-order valence-electron chi connectivity index (χ0n) is 18.0. The third-order valence-corrected chi connectivity index (χ3v) is 6.68. The van der Waals surface area contributed by atoms with Gasteiger partial charge in [0, 0.05) is 51.2 Å². The van der Waals surface area contributed by atoms with Gasteiger partial charge in [-0.3, -0.25) is 9.58 Å². The summed E-state index contributed by atoms with van der Waals surface area (Å²) in [6.45, 7) is 4.54. The number of hydrogen-bond donors (Lipinski definition) is 0. The van der Waals surface area contributed by atoms with Crippen LogP contribution in [-0.2, 0) is 13.5 Å². The fourth-order valence-electron chi connectivity index (χ4n) is 4.72. The molecule has 1 saturated heterocycles. The number of hydrogen-bond acceptors (Lipinski definition) is 3. The Labute approximate surface area is 181 Å². The topological polar surface area (TPSA) is 24.3 Å². The van der Waals surface area contributed by atoms with E-state index >= 15 is 0 Å². The normalized spacial score (nSPS) is 17.3. The molecule has 6 heteroatoms. The van der Waals surface area contributed by atoms with Crippen molar-refractivity contribution in [1.82, 2.24) is 19.6 Å². The minimum absolute atomic E-state index is 0.447. The third-order valence-electron chi connectivity index (χ3n) is 6.68. The standard InChI is InChI=1S/C25H28F2N4/c1-29-23-8-3-2-7-21(23)24(28-29)25(19-5-4-6-19)31-15-13-30(14-16-31)12-11-18-9-10-20(26)17-22(18)27/h2-3,7-10,17H,4-6,11-16H2,1H3. The van der Waals surface area contributed by atoms with Gasteiger partial charge in [-0.1, -0.05) is 24.3 Å². The van der Waals surface area contributed by atoms with Crippen LogP contribution >= 0.6 is 0 Å². The highest BCUT2D eigenvalue weighted by Gasteiger charge is 2.27. The summed E-state index contributed by atoms with van der Waals surface area (Å²) >= 11 is 0. The number of fused-ring (bicyclic) bond motifs is 1. The van der Waals surface area contributed by atoms with E-state index in [0.29, 0.717) is 12.0 Å². The van der Waals surface area contributed by atoms with E-state index < -0.39 is 11.6 Å². The molecule has 2 aromatic carbocycles. The number of piperazine rings is 1. The maximum absolute atomic E-state index is 13.9. The first-order chi connectivity index (χ1) is 15.1. The van der Waals surface area contributed by atoms with Gasteiger partial charge in [-0.25, -0.2) is 8.78 Å². The molecular weight excluding hydrogens is 394 g/mol. The second-order valence-corrected chi connectivity index (χ2v) is 8.61. The number of nitrogens with zero attached hydrogens (tertiary/aromatic N) is 4. The van der Waals surface area contributed by atoms with Gasteiger partial charge in [-0.05, 0) is 49.0 Å². The molecule has 2 fully saturated rings. The molecule has 0 bridgehead atoms. The summed E-state index contributed by atoms with van der Waals surface area (Å²) in [4.78, 5) is 4.87. The van der Waals surface area contributed by atoms with E-state index in [1.807, 2.05) is 11.7 Å². The lowest BCUT2D eigenvalue weighted by atomic mass is 9.88. The smallest absolute Gasteiger partial charge is 0.129 e. The molecule has 3 aromatic rings. The average Bonchev–Trinajstić information content (AvgIpc) is 3.07. The molecule has 4 nitrogen and oxygen atoms in total. The van der Waals surface area contributed by atoms with Gasteiger partial charge in [0.05, 0.1) is 11.2 Å². The fraction of sp³-hybridized carbons (Fsp3) is 0.400. The van der Waals surface area contributed by atoms with Gasteiger partial charge in [0.1, 0.15) is 17.3 Å². The number of benzene rings is 2. The van der Waals surface area contributed by atoms with Gasteiger partial charge >= 0.3 is 0 Å². The quantitative estimate of drug-likeness (QED) is 0.600. The summed E-state index contributed by atoms with van der Waals surface area (Å²) in [5.74, 6) is -0.967. The van der Waals surface area contributed by atoms with Crippen molar-refractivity contribution >= 4 is 16.6 Å². The molecule has 1 aliphatic carbocycles. The van der Waals surface area contributed by atoms with Gasteiger partial charge in [-0.2, -0.15) is 5.10 Å². The lowest BCUT2D eigenvalue weighted by molar-refractivity contribution is 0.175. The Morgan fingerprint density at radius 2 is 1.77 bits per heavy atom. The molecular formula is C25H28F2N4. The number of rotatable bonds is 5. The summed E-state index contributed by atoms with van der Waals surface area (Å²) in [5.41, 5.74) is 5.70. The van der Waals surface area contributed by atoms with Crippen LogP contribution < -0.4 is 0 Å². The zero-order chi connectivity index (χ0) is 21.4. The predicted molar refractivity (Wildman–Crippen MR) is 120 cm³/mol. The molecule has 2 aliphatic rings. The first-order valence-corrected chi connectivity index (χ1v) is 11.2. The van der Waals surface area contributed by atoms with Gasteiger partial charge in [0.15, 0.2) is 0 Å². The minimum Gasteiger partial charge on any atom is -0.367 e. The van der Waals surface area contributed by atoms with Crippen molar-refractivity contribution in [2.45, 2.75) is 25.7 Å². The van der Waals surface area contributed by atoms with Crippen LogP contribution in [-0.4, -0.2) is 52.3 Å². The molecule has 0 unspecified atom stereocenters. The number of allylic oxidation sites excluding steroid dienone is 1. The summed E-state index contributed by atoms with van der Waals surface area (Å²) in [7, 11) is 2.02. The summed E-state index contributed by atoms with van der Waals surface area (Å²) in [6.07, 6.45) is 4.17. The summed E-state index contributed by atoms with van der Waals surface area (Å²) < 4.78 is 29.1. The molecule has 1 saturated carbocycles. The molecule has 0 radical (unpaired) electrons. The number of aromatic nitrogens is 2. The third kappa shape index (κ3) is 3.97. The van der Waals surface area contributed by atoms with Crippen LogP contribution in [0, 0.1) is 11.6 Å². The van der Waals surface area contributed by atoms with Crippen LogP contribution in [0.15, 0.2) is 48.0 Å². The molecule has 1 aliphatic heterocycles.